The Kier molecular flexibility index (Phi) is 6.36. The van der Waals surface area contributed by atoms with Crippen molar-refractivity contribution in [3.05, 3.63) is 77.6 Å². The van der Waals surface area contributed by atoms with Gasteiger partial charge in [-0.3, -0.25) is 9.78 Å². The fraction of sp³-hybridized carbons (Fsp3) is 0.280. The summed E-state index contributed by atoms with van der Waals surface area (Å²) in [5.74, 6) is 1.92. The van der Waals surface area contributed by atoms with Crippen molar-refractivity contribution in [1.29, 1.82) is 0 Å². The third-order valence-electron chi connectivity index (χ3n) is 5.26. The van der Waals surface area contributed by atoms with E-state index < -0.39 is 0 Å². The van der Waals surface area contributed by atoms with E-state index in [2.05, 4.69) is 4.98 Å². The third kappa shape index (κ3) is 4.63. The van der Waals surface area contributed by atoms with Crippen LogP contribution in [-0.2, 0) is 13.0 Å². The molecule has 0 N–H and O–H groups in total. The van der Waals surface area contributed by atoms with Crippen LogP contribution in [-0.4, -0.2) is 31.2 Å². The van der Waals surface area contributed by atoms with Crippen molar-refractivity contribution >= 4 is 11.6 Å². The second-order valence-corrected chi connectivity index (χ2v) is 7.30. The van der Waals surface area contributed by atoms with E-state index in [4.69, 9.17) is 14.2 Å². The zero-order valence-corrected chi connectivity index (χ0v) is 17.8. The molecule has 0 fully saturated rings. The second-order valence-electron chi connectivity index (χ2n) is 7.30. The first-order valence-corrected chi connectivity index (χ1v) is 10.5. The van der Waals surface area contributed by atoms with Crippen LogP contribution in [0.25, 0.3) is 0 Å². The second kappa shape index (κ2) is 9.51. The minimum absolute atomic E-state index is 0.0501. The van der Waals surface area contributed by atoms with Crippen LogP contribution in [0.15, 0.2) is 60.9 Å². The summed E-state index contributed by atoms with van der Waals surface area (Å²) < 4.78 is 17.0. The van der Waals surface area contributed by atoms with Crippen LogP contribution >= 0.6 is 0 Å². The maximum Gasteiger partial charge on any atom is 0.258 e. The van der Waals surface area contributed by atoms with Gasteiger partial charge in [0.1, 0.15) is 12.4 Å². The van der Waals surface area contributed by atoms with Gasteiger partial charge < -0.3 is 19.1 Å². The SMILES string of the molecule is CCOc1cc(C(=O)N2CCCc3cc(OC)ccc32)ccc1OCc1cccnc1. The van der Waals surface area contributed by atoms with Crippen molar-refractivity contribution in [3.8, 4) is 17.2 Å². The highest BCUT2D eigenvalue weighted by Gasteiger charge is 2.25. The Morgan fingerprint density at radius 3 is 2.77 bits per heavy atom. The molecule has 31 heavy (non-hydrogen) atoms. The van der Waals surface area contributed by atoms with E-state index in [-0.39, 0.29) is 5.91 Å². The van der Waals surface area contributed by atoms with Gasteiger partial charge in [0.15, 0.2) is 11.5 Å². The predicted molar refractivity (Wildman–Crippen MR) is 119 cm³/mol. The van der Waals surface area contributed by atoms with Crippen molar-refractivity contribution in [1.82, 2.24) is 4.98 Å². The first kappa shape index (κ1) is 20.7. The number of aryl methyl sites for hydroxylation is 1. The van der Waals surface area contributed by atoms with Crippen molar-refractivity contribution in [2.75, 3.05) is 25.2 Å². The number of carbonyl (C=O) groups excluding carboxylic acids is 1. The van der Waals surface area contributed by atoms with Crippen LogP contribution in [0.5, 0.6) is 17.2 Å². The number of fused-ring (bicyclic) bond motifs is 1. The van der Waals surface area contributed by atoms with E-state index >= 15 is 0 Å². The topological polar surface area (TPSA) is 60.9 Å². The molecule has 0 atom stereocenters. The first-order valence-electron chi connectivity index (χ1n) is 10.5. The molecule has 160 valence electrons. The molecule has 0 aliphatic carbocycles. The molecule has 3 aromatic rings. The average molecular weight is 418 g/mol. The van der Waals surface area contributed by atoms with Crippen LogP contribution in [0.4, 0.5) is 5.69 Å². The minimum Gasteiger partial charge on any atom is -0.497 e. The van der Waals surface area contributed by atoms with E-state index in [9.17, 15) is 4.79 Å². The minimum atomic E-state index is -0.0501. The smallest absolute Gasteiger partial charge is 0.258 e. The van der Waals surface area contributed by atoms with Crippen molar-refractivity contribution in [2.45, 2.75) is 26.4 Å². The molecular weight excluding hydrogens is 392 g/mol. The number of aromatic nitrogens is 1. The summed E-state index contributed by atoms with van der Waals surface area (Å²) in [5.41, 5.74) is 3.60. The number of anilines is 1. The lowest BCUT2D eigenvalue weighted by molar-refractivity contribution is 0.0984. The Morgan fingerprint density at radius 2 is 2.00 bits per heavy atom. The van der Waals surface area contributed by atoms with Crippen molar-refractivity contribution < 1.29 is 19.0 Å². The van der Waals surface area contributed by atoms with E-state index in [1.54, 1.807) is 37.7 Å². The number of rotatable bonds is 7. The van der Waals surface area contributed by atoms with Gasteiger partial charge in [-0.05, 0) is 67.8 Å². The standard InChI is InChI=1S/C25H26N2O4/c1-3-30-24-15-20(8-11-23(24)31-17-18-6-4-12-26-16-18)25(28)27-13-5-7-19-14-21(29-2)9-10-22(19)27/h4,6,8-12,14-16H,3,5,7,13,17H2,1-2H3. The van der Waals surface area contributed by atoms with Crippen LogP contribution < -0.4 is 19.1 Å². The molecule has 0 bridgehead atoms. The molecule has 0 saturated heterocycles. The summed E-state index contributed by atoms with van der Waals surface area (Å²) in [6, 6.07) is 15.0. The van der Waals surface area contributed by atoms with Crippen LogP contribution in [0.3, 0.4) is 0 Å². The van der Waals surface area contributed by atoms with Gasteiger partial charge in [0.25, 0.3) is 5.91 Å². The predicted octanol–water partition coefficient (Wildman–Crippen LogP) is 4.66. The van der Waals surface area contributed by atoms with Gasteiger partial charge in [-0.2, -0.15) is 0 Å². The number of amides is 1. The lowest BCUT2D eigenvalue weighted by atomic mass is 10.00. The van der Waals surface area contributed by atoms with E-state index in [1.807, 2.05) is 42.2 Å². The summed E-state index contributed by atoms with van der Waals surface area (Å²) in [5, 5.41) is 0. The number of pyridine rings is 1. The Labute approximate surface area is 182 Å². The summed E-state index contributed by atoms with van der Waals surface area (Å²) >= 11 is 0. The number of benzene rings is 2. The van der Waals surface area contributed by atoms with E-state index in [1.165, 1.54) is 0 Å². The fourth-order valence-corrected chi connectivity index (χ4v) is 3.74. The maximum absolute atomic E-state index is 13.4. The van der Waals surface area contributed by atoms with Crippen LogP contribution in [0.1, 0.15) is 34.8 Å². The maximum atomic E-state index is 13.4. The van der Waals surface area contributed by atoms with E-state index in [0.717, 1.165) is 35.4 Å². The largest absolute Gasteiger partial charge is 0.497 e. The number of hydrogen-bond acceptors (Lipinski definition) is 5. The van der Waals surface area contributed by atoms with Crippen molar-refractivity contribution in [2.24, 2.45) is 0 Å². The normalized spacial score (nSPS) is 12.8. The molecule has 6 heteroatoms. The van der Waals surface area contributed by atoms with Gasteiger partial charge in [0.05, 0.1) is 13.7 Å². The van der Waals surface area contributed by atoms with Gasteiger partial charge in [-0.1, -0.05) is 6.07 Å². The van der Waals surface area contributed by atoms with Crippen LogP contribution in [0, 0.1) is 0 Å². The quantitative estimate of drug-likeness (QED) is 0.558. The Hall–Kier alpha value is -3.54. The van der Waals surface area contributed by atoms with E-state index in [0.29, 0.717) is 36.8 Å². The Morgan fingerprint density at radius 1 is 1.10 bits per heavy atom. The molecule has 2 heterocycles. The molecule has 1 aliphatic heterocycles. The lowest BCUT2D eigenvalue weighted by Crippen LogP contribution is -2.35. The molecule has 1 aliphatic rings. The summed E-state index contributed by atoms with van der Waals surface area (Å²) in [7, 11) is 1.65. The fourth-order valence-electron chi connectivity index (χ4n) is 3.74. The number of carbonyl (C=O) groups is 1. The van der Waals surface area contributed by atoms with Gasteiger partial charge in [0, 0.05) is 35.8 Å². The highest BCUT2D eigenvalue weighted by molar-refractivity contribution is 6.07. The Balaban J connectivity index is 1.57. The van der Waals surface area contributed by atoms with Gasteiger partial charge >= 0.3 is 0 Å². The molecule has 0 unspecified atom stereocenters. The monoisotopic (exact) mass is 418 g/mol. The molecule has 0 spiro atoms. The first-order chi connectivity index (χ1) is 15.2. The molecule has 1 aromatic heterocycles. The highest BCUT2D eigenvalue weighted by Crippen LogP contribution is 2.34. The Bertz CT molecular complexity index is 1050. The molecule has 6 nitrogen and oxygen atoms in total. The summed E-state index contributed by atoms with van der Waals surface area (Å²) in [6.45, 7) is 3.45. The average Bonchev–Trinajstić information content (AvgIpc) is 2.82. The molecular formula is C25H26N2O4. The molecule has 2 aromatic carbocycles. The third-order valence-corrected chi connectivity index (χ3v) is 5.26. The van der Waals surface area contributed by atoms with Crippen LogP contribution in [0.2, 0.25) is 0 Å². The summed E-state index contributed by atoms with van der Waals surface area (Å²) in [6.07, 6.45) is 5.34. The molecule has 4 rings (SSSR count). The summed E-state index contributed by atoms with van der Waals surface area (Å²) in [4.78, 5) is 19.3. The van der Waals surface area contributed by atoms with Gasteiger partial charge in [0.2, 0.25) is 0 Å². The number of nitrogens with zero attached hydrogens (tertiary/aromatic N) is 2. The molecule has 1 amide bonds. The number of ether oxygens (including phenoxy) is 3. The number of hydrogen-bond donors (Lipinski definition) is 0. The highest BCUT2D eigenvalue weighted by atomic mass is 16.5. The molecule has 0 radical (unpaired) electrons. The molecule has 0 saturated carbocycles. The zero-order chi connectivity index (χ0) is 21.6. The van der Waals surface area contributed by atoms with Crippen molar-refractivity contribution in [3.63, 3.8) is 0 Å². The van der Waals surface area contributed by atoms with Gasteiger partial charge in [-0.25, -0.2) is 0 Å². The zero-order valence-electron chi connectivity index (χ0n) is 17.8. The number of methoxy groups -OCH3 is 1. The van der Waals surface area contributed by atoms with Gasteiger partial charge in [-0.15, -0.1) is 0 Å². The lowest BCUT2D eigenvalue weighted by Gasteiger charge is -2.30.